The molecule has 0 atom stereocenters. The molecule has 192 valence electrons. The van der Waals surface area contributed by atoms with E-state index in [2.05, 4.69) is 29.0 Å². The maximum absolute atomic E-state index is 12.7. The number of halogens is 1. The number of carbonyl (C=O) groups is 2. The maximum Gasteiger partial charge on any atom is 0.273 e. The molecule has 35 heavy (non-hydrogen) atoms. The first kappa shape index (κ1) is 28.6. The largest absolute Gasteiger partial charge is 0.330 e. The van der Waals surface area contributed by atoms with Crippen LogP contribution in [0.4, 0.5) is 5.69 Å². The number of amides is 2. The highest BCUT2D eigenvalue weighted by molar-refractivity contribution is 6.33. The summed E-state index contributed by atoms with van der Waals surface area (Å²) >= 11 is 6.15. The smallest absolute Gasteiger partial charge is 0.273 e. The number of benzene rings is 1. The maximum atomic E-state index is 12.7. The number of hydrogen-bond acceptors (Lipinski definition) is 4. The Hall–Kier alpha value is -2.64. The Labute approximate surface area is 215 Å². The second kappa shape index (κ2) is 15.4. The quantitative estimate of drug-likeness (QED) is 0.406. The molecule has 2 amide bonds. The van der Waals surface area contributed by atoms with E-state index in [4.69, 9.17) is 11.6 Å². The number of aromatic nitrogens is 2. The van der Waals surface area contributed by atoms with Crippen LogP contribution in [-0.4, -0.2) is 57.3 Å². The van der Waals surface area contributed by atoms with Crippen LogP contribution < -0.4 is 5.32 Å². The molecule has 0 aliphatic carbocycles. The van der Waals surface area contributed by atoms with E-state index in [9.17, 15) is 9.59 Å². The average molecular weight is 502 g/mol. The fourth-order valence-corrected chi connectivity index (χ4v) is 4.03. The summed E-state index contributed by atoms with van der Waals surface area (Å²) in [7, 11) is 0. The van der Waals surface area contributed by atoms with Crippen LogP contribution in [0.25, 0.3) is 0 Å². The van der Waals surface area contributed by atoms with Crippen LogP contribution in [-0.2, 0) is 17.9 Å². The number of imidazole rings is 1. The normalized spacial score (nSPS) is 12.9. The molecule has 2 aromatic rings. The number of nitrogens with zero attached hydrogens (tertiary/aromatic N) is 4. The third-order valence-electron chi connectivity index (χ3n) is 5.81. The Balaban J connectivity index is 0.00000210. The van der Waals surface area contributed by atoms with Crippen molar-refractivity contribution in [2.24, 2.45) is 0 Å². The van der Waals surface area contributed by atoms with Crippen molar-refractivity contribution in [2.45, 2.75) is 66.5 Å². The molecule has 7 nitrogen and oxygen atoms in total. The van der Waals surface area contributed by atoms with Crippen LogP contribution in [0.2, 0.25) is 5.02 Å². The molecule has 1 aromatic carbocycles. The summed E-state index contributed by atoms with van der Waals surface area (Å²) in [6, 6.07) is 7.11. The van der Waals surface area contributed by atoms with Crippen molar-refractivity contribution in [2.75, 3.05) is 31.5 Å². The number of carbonyl (C=O) groups excluding carboxylic acids is 2. The van der Waals surface area contributed by atoms with Gasteiger partial charge in [0, 0.05) is 25.7 Å². The first-order chi connectivity index (χ1) is 17.0. The van der Waals surface area contributed by atoms with Gasteiger partial charge in [-0.1, -0.05) is 70.3 Å². The second-order valence-electron chi connectivity index (χ2n) is 8.32. The van der Waals surface area contributed by atoms with Crippen LogP contribution in [0, 0.1) is 0 Å². The minimum absolute atomic E-state index is 0.0164. The summed E-state index contributed by atoms with van der Waals surface area (Å²) in [4.78, 5) is 34.0. The lowest BCUT2D eigenvalue weighted by atomic mass is 10.2. The van der Waals surface area contributed by atoms with E-state index < -0.39 is 0 Å². The zero-order chi connectivity index (χ0) is 25.6. The SMILES string of the molecule is CC.CCCCN(C/C=C/C(=O)N1CCn2c(C(=O)Nc3ccccc3Cl)cnc2C1)CCCC. The van der Waals surface area contributed by atoms with E-state index in [1.807, 2.05) is 36.6 Å². The van der Waals surface area contributed by atoms with Crippen molar-refractivity contribution in [1.29, 1.82) is 0 Å². The molecule has 2 heterocycles. The highest BCUT2D eigenvalue weighted by Crippen LogP contribution is 2.22. The summed E-state index contributed by atoms with van der Waals surface area (Å²) in [5, 5.41) is 3.32. The number of anilines is 1. The lowest BCUT2D eigenvalue weighted by Gasteiger charge is -2.27. The van der Waals surface area contributed by atoms with Gasteiger partial charge in [-0.3, -0.25) is 14.5 Å². The van der Waals surface area contributed by atoms with Crippen molar-refractivity contribution in [1.82, 2.24) is 19.4 Å². The molecule has 0 radical (unpaired) electrons. The molecule has 0 saturated carbocycles. The number of fused-ring (bicyclic) bond motifs is 1. The number of nitrogens with one attached hydrogen (secondary N) is 1. The molecule has 0 spiro atoms. The predicted octanol–water partition coefficient (Wildman–Crippen LogP) is 5.62. The van der Waals surface area contributed by atoms with Gasteiger partial charge in [0.1, 0.15) is 11.5 Å². The van der Waals surface area contributed by atoms with E-state index in [1.54, 1.807) is 29.3 Å². The van der Waals surface area contributed by atoms with E-state index in [0.717, 1.165) is 19.6 Å². The fourth-order valence-electron chi connectivity index (χ4n) is 3.84. The van der Waals surface area contributed by atoms with Gasteiger partial charge in [-0.05, 0) is 38.1 Å². The predicted molar refractivity (Wildman–Crippen MR) is 144 cm³/mol. The average Bonchev–Trinajstić information content (AvgIpc) is 3.31. The van der Waals surface area contributed by atoms with Gasteiger partial charge in [-0.2, -0.15) is 0 Å². The summed E-state index contributed by atoms with van der Waals surface area (Å²) in [6.07, 6.45) is 9.89. The molecule has 0 saturated heterocycles. The first-order valence-corrected chi connectivity index (χ1v) is 13.2. The third kappa shape index (κ3) is 8.51. The number of para-hydroxylation sites is 1. The number of hydrogen-bond donors (Lipinski definition) is 1. The van der Waals surface area contributed by atoms with E-state index >= 15 is 0 Å². The molecule has 1 aliphatic heterocycles. The molecule has 0 bridgehead atoms. The second-order valence-corrected chi connectivity index (χ2v) is 8.72. The molecule has 1 N–H and O–H groups in total. The Bertz CT molecular complexity index is 964. The van der Waals surface area contributed by atoms with Gasteiger partial charge >= 0.3 is 0 Å². The van der Waals surface area contributed by atoms with E-state index in [1.165, 1.54) is 25.7 Å². The molecule has 1 aromatic heterocycles. The van der Waals surface area contributed by atoms with Crippen LogP contribution >= 0.6 is 11.6 Å². The van der Waals surface area contributed by atoms with Crippen molar-refractivity contribution in [3.8, 4) is 0 Å². The fraction of sp³-hybridized carbons (Fsp3) is 0.519. The minimum atomic E-state index is -0.263. The van der Waals surface area contributed by atoms with Gasteiger partial charge < -0.3 is 14.8 Å². The lowest BCUT2D eigenvalue weighted by Crippen LogP contribution is -2.38. The molecular weight excluding hydrogens is 462 g/mol. The number of unbranched alkanes of at least 4 members (excludes halogenated alkanes) is 2. The standard InChI is InChI=1S/C25H34ClN5O2.C2H6/c1-3-5-13-29(14-6-4-2)15-9-12-24(32)30-16-17-31-22(18-27-23(31)19-30)25(33)28-21-11-8-7-10-20(21)26;1-2/h7-12,18H,3-6,13-17,19H2,1-2H3,(H,28,33);1-2H3/b12-9+;. The van der Waals surface area contributed by atoms with Gasteiger partial charge in [0.05, 0.1) is 23.5 Å². The molecule has 3 rings (SSSR count). The van der Waals surface area contributed by atoms with Crippen molar-refractivity contribution in [3.63, 3.8) is 0 Å². The Morgan fingerprint density at radius 1 is 1.11 bits per heavy atom. The molecule has 1 aliphatic rings. The van der Waals surface area contributed by atoms with E-state index in [0.29, 0.717) is 41.9 Å². The van der Waals surface area contributed by atoms with Gasteiger partial charge in [0.2, 0.25) is 5.91 Å². The van der Waals surface area contributed by atoms with Crippen LogP contribution in [0.5, 0.6) is 0 Å². The Morgan fingerprint density at radius 3 is 2.46 bits per heavy atom. The van der Waals surface area contributed by atoms with Crippen LogP contribution in [0.3, 0.4) is 0 Å². The van der Waals surface area contributed by atoms with Gasteiger partial charge in [0.25, 0.3) is 5.91 Å². The Morgan fingerprint density at radius 2 is 1.80 bits per heavy atom. The first-order valence-electron chi connectivity index (χ1n) is 12.8. The molecule has 8 heteroatoms. The Kier molecular flexibility index (Phi) is 12.6. The van der Waals surface area contributed by atoms with Crippen molar-refractivity contribution < 1.29 is 9.59 Å². The van der Waals surface area contributed by atoms with E-state index in [-0.39, 0.29) is 11.8 Å². The summed E-state index contributed by atoms with van der Waals surface area (Å²) in [5.41, 5.74) is 1.03. The molecular formula is C27H40ClN5O2. The van der Waals surface area contributed by atoms with Crippen molar-refractivity contribution in [3.05, 3.63) is 59.2 Å². The highest BCUT2D eigenvalue weighted by Gasteiger charge is 2.25. The molecule has 0 fully saturated rings. The lowest BCUT2D eigenvalue weighted by molar-refractivity contribution is -0.127. The zero-order valence-electron chi connectivity index (χ0n) is 21.6. The van der Waals surface area contributed by atoms with Crippen LogP contribution in [0.15, 0.2) is 42.6 Å². The van der Waals surface area contributed by atoms with Gasteiger partial charge in [-0.15, -0.1) is 0 Å². The summed E-state index contributed by atoms with van der Waals surface area (Å²) < 4.78 is 1.87. The third-order valence-corrected chi connectivity index (χ3v) is 6.14. The van der Waals surface area contributed by atoms with Gasteiger partial charge in [0.15, 0.2) is 0 Å². The van der Waals surface area contributed by atoms with Crippen LogP contribution in [0.1, 0.15) is 69.7 Å². The minimum Gasteiger partial charge on any atom is -0.330 e. The zero-order valence-corrected chi connectivity index (χ0v) is 22.4. The summed E-state index contributed by atoms with van der Waals surface area (Å²) in [6.45, 7) is 12.8. The monoisotopic (exact) mass is 501 g/mol. The summed E-state index contributed by atoms with van der Waals surface area (Å²) in [5.74, 6) is 0.429. The molecule has 0 unspecified atom stereocenters. The van der Waals surface area contributed by atoms with Gasteiger partial charge in [-0.25, -0.2) is 4.98 Å². The number of rotatable bonds is 11. The highest BCUT2D eigenvalue weighted by atomic mass is 35.5. The topological polar surface area (TPSA) is 70.5 Å². The van der Waals surface area contributed by atoms with Crippen molar-refractivity contribution >= 4 is 29.1 Å².